The first kappa shape index (κ1) is 11.9. The van der Waals surface area contributed by atoms with Crippen LogP contribution in [-0.2, 0) is 0 Å². The molecule has 0 aliphatic heterocycles. The van der Waals surface area contributed by atoms with E-state index in [-0.39, 0.29) is 6.04 Å². The van der Waals surface area contributed by atoms with Gasteiger partial charge in [0.2, 0.25) is 0 Å². The number of nitrogens with two attached hydrogens (primary N) is 1. The Kier molecular flexibility index (Phi) is 3.30. The summed E-state index contributed by atoms with van der Waals surface area (Å²) in [6.07, 6.45) is 5.34. The fourth-order valence-corrected chi connectivity index (χ4v) is 2.47. The molecule has 19 heavy (non-hydrogen) atoms. The van der Waals surface area contributed by atoms with Gasteiger partial charge in [0.1, 0.15) is 0 Å². The zero-order valence-electron chi connectivity index (χ0n) is 10.8. The maximum absolute atomic E-state index is 6.24. The number of allylic oxidation sites excluding steroid dienone is 2. The third-order valence-electron chi connectivity index (χ3n) is 3.52. The molecule has 1 nitrogen and oxygen atoms in total. The summed E-state index contributed by atoms with van der Waals surface area (Å²) in [7, 11) is 0. The lowest BCUT2D eigenvalue weighted by atomic mass is 9.88. The summed E-state index contributed by atoms with van der Waals surface area (Å²) in [6, 6.07) is 21.0. The van der Waals surface area contributed by atoms with E-state index < -0.39 is 0 Å². The Hall–Kier alpha value is -2.12. The number of rotatable bonds is 2. The van der Waals surface area contributed by atoms with Crippen molar-refractivity contribution in [2.45, 2.75) is 12.5 Å². The molecule has 0 fully saturated rings. The Bertz CT molecular complexity index is 609. The summed E-state index contributed by atoms with van der Waals surface area (Å²) in [4.78, 5) is 0. The van der Waals surface area contributed by atoms with Gasteiger partial charge >= 0.3 is 0 Å². The highest BCUT2D eigenvalue weighted by Gasteiger charge is 2.16. The Balaban J connectivity index is 2.00. The topological polar surface area (TPSA) is 26.0 Å². The lowest BCUT2D eigenvalue weighted by molar-refractivity contribution is 0.847. The van der Waals surface area contributed by atoms with Crippen LogP contribution in [0.4, 0.5) is 0 Å². The molecule has 1 atom stereocenters. The van der Waals surface area contributed by atoms with Gasteiger partial charge in [0.25, 0.3) is 0 Å². The number of hydrogen-bond donors (Lipinski definition) is 1. The van der Waals surface area contributed by atoms with Crippen molar-refractivity contribution >= 4 is 11.1 Å². The first-order valence-electron chi connectivity index (χ1n) is 6.63. The fraction of sp³-hybridized carbons (Fsp3) is 0.111. The van der Waals surface area contributed by atoms with E-state index in [2.05, 4.69) is 60.7 Å². The van der Waals surface area contributed by atoms with Crippen molar-refractivity contribution in [3.63, 3.8) is 0 Å². The average molecular weight is 247 g/mol. The Morgan fingerprint density at radius 2 is 1.37 bits per heavy atom. The maximum atomic E-state index is 6.24. The molecule has 0 aromatic heterocycles. The van der Waals surface area contributed by atoms with E-state index in [0.29, 0.717) is 0 Å². The summed E-state index contributed by atoms with van der Waals surface area (Å²) < 4.78 is 0. The van der Waals surface area contributed by atoms with Gasteiger partial charge in [-0.1, -0.05) is 66.7 Å². The molecule has 0 heterocycles. The average Bonchev–Trinajstić information content (AvgIpc) is 2.49. The van der Waals surface area contributed by atoms with Gasteiger partial charge in [0, 0.05) is 6.04 Å². The van der Waals surface area contributed by atoms with E-state index in [1.54, 1.807) is 0 Å². The van der Waals surface area contributed by atoms with Crippen LogP contribution in [0.5, 0.6) is 0 Å². The molecule has 94 valence electrons. The van der Waals surface area contributed by atoms with E-state index >= 15 is 0 Å². The zero-order chi connectivity index (χ0) is 13.1. The minimum atomic E-state index is 0.0925. The van der Waals surface area contributed by atoms with Crippen molar-refractivity contribution in [2.75, 3.05) is 0 Å². The first-order valence-corrected chi connectivity index (χ1v) is 6.63. The van der Waals surface area contributed by atoms with Crippen molar-refractivity contribution in [1.82, 2.24) is 0 Å². The minimum Gasteiger partial charge on any atom is -0.324 e. The molecule has 1 aliphatic carbocycles. The third-order valence-corrected chi connectivity index (χ3v) is 3.52. The van der Waals surface area contributed by atoms with Crippen molar-refractivity contribution in [2.24, 2.45) is 5.73 Å². The highest BCUT2D eigenvalue weighted by atomic mass is 14.6. The van der Waals surface area contributed by atoms with Crippen LogP contribution in [0.2, 0.25) is 0 Å². The van der Waals surface area contributed by atoms with Gasteiger partial charge < -0.3 is 5.73 Å². The molecule has 0 radical (unpaired) electrons. The van der Waals surface area contributed by atoms with Crippen LogP contribution in [-0.4, -0.2) is 6.04 Å². The predicted octanol–water partition coefficient (Wildman–Crippen LogP) is 3.88. The molecule has 2 N–H and O–H groups in total. The summed E-state index contributed by atoms with van der Waals surface area (Å²) >= 11 is 0. The highest BCUT2D eigenvalue weighted by Crippen LogP contribution is 2.30. The van der Waals surface area contributed by atoms with Crippen LogP contribution in [0.1, 0.15) is 17.5 Å². The van der Waals surface area contributed by atoms with E-state index in [0.717, 1.165) is 6.42 Å². The van der Waals surface area contributed by atoms with Gasteiger partial charge in [0.05, 0.1) is 0 Å². The molecule has 0 spiro atoms. The quantitative estimate of drug-likeness (QED) is 0.856. The van der Waals surface area contributed by atoms with E-state index in [9.17, 15) is 0 Å². The standard InChI is InChI=1S/C18H17N/c19-18-12-11-16(14-7-3-1-4-8-14)13-17(18)15-9-5-2-6-10-15/h1-11,13,18H,12,19H2/t18-/m1/s1. The van der Waals surface area contributed by atoms with Crippen LogP contribution in [0.15, 0.2) is 72.8 Å². The van der Waals surface area contributed by atoms with Crippen LogP contribution < -0.4 is 5.73 Å². The number of benzene rings is 2. The van der Waals surface area contributed by atoms with Crippen molar-refractivity contribution < 1.29 is 0 Å². The lowest BCUT2D eigenvalue weighted by Gasteiger charge is -2.21. The van der Waals surface area contributed by atoms with Crippen molar-refractivity contribution in [3.8, 4) is 0 Å². The van der Waals surface area contributed by atoms with Crippen LogP contribution in [0.3, 0.4) is 0 Å². The molecule has 0 saturated heterocycles. The molecule has 2 aromatic rings. The number of hydrogen-bond acceptors (Lipinski definition) is 1. The summed E-state index contributed by atoms with van der Waals surface area (Å²) in [6.45, 7) is 0. The van der Waals surface area contributed by atoms with Crippen molar-refractivity contribution in [1.29, 1.82) is 0 Å². The molecular weight excluding hydrogens is 230 g/mol. The second-order valence-electron chi connectivity index (χ2n) is 4.83. The molecule has 3 rings (SSSR count). The Labute approximate surface area is 114 Å². The largest absolute Gasteiger partial charge is 0.324 e. The molecule has 1 heteroatoms. The summed E-state index contributed by atoms with van der Waals surface area (Å²) in [5.74, 6) is 0. The highest BCUT2D eigenvalue weighted by molar-refractivity contribution is 5.87. The smallest absolute Gasteiger partial charge is 0.0336 e. The van der Waals surface area contributed by atoms with Crippen molar-refractivity contribution in [3.05, 3.63) is 83.9 Å². The summed E-state index contributed by atoms with van der Waals surface area (Å²) in [5.41, 5.74) is 11.2. The SMILES string of the molecule is N[C@@H]1CC=C(c2ccccc2)C=C1c1ccccc1. The second kappa shape index (κ2) is 5.25. The van der Waals surface area contributed by atoms with Gasteiger partial charge in [-0.3, -0.25) is 0 Å². The molecule has 0 saturated carbocycles. The molecule has 0 amide bonds. The van der Waals surface area contributed by atoms with E-state index in [1.165, 1.54) is 22.3 Å². The summed E-state index contributed by atoms with van der Waals surface area (Å²) in [5, 5.41) is 0. The van der Waals surface area contributed by atoms with Crippen LogP contribution in [0, 0.1) is 0 Å². The van der Waals surface area contributed by atoms with Crippen LogP contribution in [0.25, 0.3) is 11.1 Å². The third kappa shape index (κ3) is 2.51. The second-order valence-corrected chi connectivity index (χ2v) is 4.83. The fourth-order valence-electron chi connectivity index (χ4n) is 2.47. The molecule has 0 unspecified atom stereocenters. The van der Waals surface area contributed by atoms with Crippen LogP contribution >= 0.6 is 0 Å². The van der Waals surface area contributed by atoms with E-state index in [1.807, 2.05) is 12.1 Å². The van der Waals surface area contributed by atoms with Gasteiger partial charge in [-0.25, -0.2) is 0 Å². The first-order chi connectivity index (χ1) is 9.34. The lowest BCUT2D eigenvalue weighted by Crippen LogP contribution is -2.23. The normalized spacial score (nSPS) is 18.7. The zero-order valence-corrected chi connectivity index (χ0v) is 10.8. The predicted molar refractivity (Wildman–Crippen MR) is 81.4 cm³/mol. The Morgan fingerprint density at radius 1 is 0.789 bits per heavy atom. The van der Waals surface area contributed by atoms with Gasteiger partial charge in [-0.15, -0.1) is 0 Å². The molecule has 0 bridgehead atoms. The van der Waals surface area contributed by atoms with E-state index in [4.69, 9.17) is 5.73 Å². The maximum Gasteiger partial charge on any atom is 0.0336 e. The van der Waals surface area contributed by atoms with Gasteiger partial charge in [-0.2, -0.15) is 0 Å². The van der Waals surface area contributed by atoms with Gasteiger partial charge in [-0.05, 0) is 34.8 Å². The molecule has 1 aliphatic rings. The van der Waals surface area contributed by atoms with Gasteiger partial charge in [0.15, 0.2) is 0 Å². The monoisotopic (exact) mass is 247 g/mol. The Morgan fingerprint density at radius 3 is 2.00 bits per heavy atom. The minimum absolute atomic E-state index is 0.0925. The molecular formula is C18H17N. The molecule has 2 aromatic carbocycles.